The van der Waals surface area contributed by atoms with Gasteiger partial charge in [0, 0.05) is 11.8 Å². The molecule has 0 amide bonds. The lowest BCUT2D eigenvalue weighted by Crippen LogP contribution is -2.14. The Morgan fingerprint density at radius 3 is 2.83 bits per heavy atom. The predicted octanol–water partition coefficient (Wildman–Crippen LogP) is 1.67. The van der Waals surface area contributed by atoms with Gasteiger partial charge in [-0.05, 0) is 25.1 Å². The first kappa shape index (κ1) is 11.8. The molecule has 0 aliphatic rings. The number of amidine groups is 1. The predicted molar refractivity (Wildman–Crippen MR) is 65.8 cm³/mol. The third-order valence-corrected chi connectivity index (χ3v) is 2.20. The average Bonchev–Trinajstić information content (AvgIpc) is 2.41. The first-order chi connectivity index (χ1) is 8.69. The molecule has 3 N–H and O–H groups in total. The topological polar surface area (TPSA) is 93.6 Å². The van der Waals surface area contributed by atoms with Crippen molar-refractivity contribution in [1.82, 2.24) is 9.97 Å². The molecule has 0 saturated carbocycles. The zero-order valence-electron chi connectivity index (χ0n) is 9.74. The Hall–Kier alpha value is -2.63. The molecule has 0 aliphatic heterocycles. The van der Waals surface area contributed by atoms with Crippen molar-refractivity contribution in [3.05, 3.63) is 47.9 Å². The van der Waals surface area contributed by atoms with Crippen LogP contribution in [-0.4, -0.2) is 21.0 Å². The van der Waals surface area contributed by atoms with E-state index in [1.807, 2.05) is 13.0 Å². The SMILES string of the molecule is Cc1ccc(Oc2cccc(C(N)=NO)n2)cn1. The Bertz CT molecular complexity index is 567. The Morgan fingerprint density at radius 1 is 1.33 bits per heavy atom. The van der Waals surface area contributed by atoms with Crippen LogP contribution in [0.5, 0.6) is 11.6 Å². The maximum absolute atomic E-state index is 8.57. The highest BCUT2D eigenvalue weighted by atomic mass is 16.5. The zero-order chi connectivity index (χ0) is 13.0. The van der Waals surface area contributed by atoms with E-state index in [1.165, 1.54) is 0 Å². The summed E-state index contributed by atoms with van der Waals surface area (Å²) in [4.78, 5) is 8.20. The van der Waals surface area contributed by atoms with Crippen LogP contribution in [0.25, 0.3) is 0 Å². The first-order valence-electron chi connectivity index (χ1n) is 5.24. The van der Waals surface area contributed by atoms with Gasteiger partial charge in [0.1, 0.15) is 11.4 Å². The van der Waals surface area contributed by atoms with Crippen LogP contribution in [0.4, 0.5) is 0 Å². The van der Waals surface area contributed by atoms with Gasteiger partial charge in [0.25, 0.3) is 0 Å². The van der Waals surface area contributed by atoms with Crippen LogP contribution in [-0.2, 0) is 0 Å². The van der Waals surface area contributed by atoms with Crippen LogP contribution in [0.3, 0.4) is 0 Å². The Kier molecular flexibility index (Phi) is 3.38. The molecule has 92 valence electrons. The molecular formula is C12H12N4O2. The standard InChI is InChI=1S/C12H12N4O2/c1-8-5-6-9(7-14-8)18-11-4-2-3-10(15-11)12(13)16-17/h2-7,17H,1H3,(H2,13,16). The summed E-state index contributed by atoms with van der Waals surface area (Å²) < 4.78 is 5.50. The second-order valence-corrected chi connectivity index (χ2v) is 3.58. The van der Waals surface area contributed by atoms with Crippen molar-refractivity contribution < 1.29 is 9.94 Å². The number of rotatable bonds is 3. The lowest BCUT2D eigenvalue weighted by molar-refractivity contribution is 0.318. The van der Waals surface area contributed by atoms with Gasteiger partial charge >= 0.3 is 0 Å². The summed E-state index contributed by atoms with van der Waals surface area (Å²) in [5, 5.41) is 11.5. The molecule has 0 spiro atoms. The third-order valence-electron chi connectivity index (χ3n) is 2.20. The van der Waals surface area contributed by atoms with Gasteiger partial charge in [-0.2, -0.15) is 0 Å². The second kappa shape index (κ2) is 5.13. The van der Waals surface area contributed by atoms with Gasteiger partial charge < -0.3 is 15.7 Å². The first-order valence-corrected chi connectivity index (χ1v) is 5.24. The van der Waals surface area contributed by atoms with Gasteiger partial charge in [0.05, 0.1) is 6.20 Å². The maximum atomic E-state index is 8.57. The van der Waals surface area contributed by atoms with E-state index in [9.17, 15) is 0 Å². The van der Waals surface area contributed by atoms with Crippen LogP contribution in [0.15, 0.2) is 41.7 Å². The number of hydrogen-bond acceptors (Lipinski definition) is 5. The highest BCUT2D eigenvalue weighted by molar-refractivity contribution is 5.95. The number of ether oxygens (including phenoxy) is 1. The van der Waals surface area contributed by atoms with Crippen LogP contribution < -0.4 is 10.5 Å². The van der Waals surface area contributed by atoms with Crippen LogP contribution in [0, 0.1) is 6.92 Å². The molecule has 0 saturated heterocycles. The second-order valence-electron chi connectivity index (χ2n) is 3.58. The molecule has 0 aliphatic carbocycles. The Labute approximate surface area is 104 Å². The Balaban J connectivity index is 2.22. The fraction of sp³-hybridized carbons (Fsp3) is 0.0833. The zero-order valence-corrected chi connectivity index (χ0v) is 9.74. The third kappa shape index (κ3) is 2.73. The number of nitrogens with two attached hydrogens (primary N) is 1. The van der Waals surface area contributed by atoms with Gasteiger partial charge in [-0.3, -0.25) is 4.98 Å². The lowest BCUT2D eigenvalue weighted by atomic mass is 10.3. The van der Waals surface area contributed by atoms with Crippen molar-refractivity contribution in [2.75, 3.05) is 0 Å². The molecule has 0 aromatic carbocycles. The quantitative estimate of drug-likeness (QED) is 0.371. The van der Waals surface area contributed by atoms with Crippen molar-refractivity contribution in [1.29, 1.82) is 0 Å². The molecule has 0 atom stereocenters. The number of aromatic nitrogens is 2. The summed E-state index contributed by atoms with van der Waals surface area (Å²) in [5.74, 6) is 0.858. The molecule has 18 heavy (non-hydrogen) atoms. The van der Waals surface area contributed by atoms with E-state index in [2.05, 4.69) is 15.1 Å². The largest absolute Gasteiger partial charge is 0.437 e. The number of hydrogen-bond donors (Lipinski definition) is 2. The minimum absolute atomic E-state index is 0.0671. The maximum Gasteiger partial charge on any atom is 0.219 e. The van der Waals surface area contributed by atoms with E-state index >= 15 is 0 Å². The molecule has 2 aromatic heterocycles. The number of nitrogens with zero attached hydrogens (tertiary/aromatic N) is 3. The van der Waals surface area contributed by atoms with Crippen molar-refractivity contribution in [2.45, 2.75) is 6.92 Å². The van der Waals surface area contributed by atoms with E-state index < -0.39 is 0 Å². The smallest absolute Gasteiger partial charge is 0.219 e. The number of oxime groups is 1. The molecule has 0 bridgehead atoms. The van der Waals surface area contributed by atoms with Gasteiger partial charge in [-0.1, -0.05) is 11.2 Å². The summed E-state index contributed by atoms with van der Waals surface area (Å²) in [6.07, 6.45) is 1.60. The van der Waals surface area contributed by atoms with Gasteiger partial charge in [-0.25, -0.2) is 4.98 Å². The van der Waals surface area contributed by atoms with Crippen molar-refractivity contribution >= 4 is 5.84 Å². The summed E-state index contributed by atoms with van der Waals surface area (Å²) in [6, 6.07) is 8.63. The minimum atomic E-state index is -0.0671. The van der Waals surface area contributed by atoms with Gasteiger partial charge in [-0.15, -0.1) is 0 Å². The highest BCUT2D eigenvalue weighted by Gasteiger charge is 2.04. The van der Waals surface area contributed by atoms with E-state index in [-0.39, 0.29) is 5.84 Å². The molecular weight excluding hydrogens is 232 g/mol. The highest BCUT2D eigenvalue weighted by Crippen LogP contribution is 2.18. The molecule has 2 aromatic rings. The molecule has 2 rings (SSSR count). The van der Waals surface area contributed by atoms with Gasteiger partial charge in [0.2, 0.25) is 5.88 Å². The number of pyridine rings is 2. The molecule has 2 heterocycles. The molecule has 6 nitrogen and oxygen atoms in total. The molecule has 0 fully saturated rings. The fourth-order valence-electron chi connectivity index (χ4n) is 1.30. The van der Waals surface area contributed by atoms with E-state index in [4.69, 9.17) is 15.7 Å². The molecule has 0 unspecified atom stereocenters. The van der Waals surface area contributed by atoms with E-state index in [0.29, 0.717) is 17.3 Å². The van der Waals surface area contributed by atoms with Crippen LogP contribution >= 0.6 is 0 Å². The average molecular weight is 244 g/mol. The number of aryl methyl sites for hydroxylation is 1. The minimum Gasteiger partial charge on any atom is -0.437 e. The van der Waals surface area contributed by atoms with Gasteiger partial charge in [0.15, 0.2) is 5.84 Å². The van der Waals surface area contributed by atoms with E-state index in [1.54, 1.807) is 30.5 Å². The monoisotopic (exact) mass is 244 g/mol. The van der Waals surface area contributed by atoms with Crippen molar-refractivity contribution in [2.24, 2.45) is 10.9 Å². The molecule has 6 heteroatoms. The van der Waals surface area contributed by atoms with Crippen LogP contribution in [0.2, 0.25) is 0 Å². The van der Waals surface area contributed by atoms with Crippen molar-refractivity contribution in [3.8, 4) is 11.6 Å². The lowest BCUT2D eigenvalue weighted by Gasteiger charge is -2.05. The molecule has 0 radical (unpaired) electrons. The summed E-state index contributed by atoms with van der Waals surface area (Å²) in [5.41, 5.74) is 6.69. The summed E-state index contributed by atoms with van der Waals surface area (Å²) in [6.45, 7) is 1.89. The summed E-state index contributed by atoms with van der Waals surface area (Å²) in [7, 11) is 0. The normalized spacial score (nSPS) is 11.3. The van der Waals surface area contributed by atoms with E-state index in [0.717, 1.165) is 5.69 Å². The van der Waals surface area contributed by atoms with Crippen molar-refractivity contribution in [3.63, 3.8) is 0 Å². The fourth-order valence-corrected chi connectivity index (χ4v) is 1.30. The Morgan fingerprint density at radius 2 is 2.17 bits per heavy atom. The summed E-state index contributed by atoms with van der Waals surface area (Å²) >= 11 is 0. The van der Waals surface area contributed by atoms with Crippen LogP contribution in [0.1, 0.15) is 11.4 Å².